The Balaban J connectivity index is 1.33. The molecule has 1 N–H and O–H groups in total. The Morgan fingerprint density at radius 2 is 1.77 bits per heavy atom. The number of nitrogens with one attached hydrogen (secondary N) is 1. The largest absolute Gasteiger partial charge is 0.493 e. The standard InChI is InChI=1S/C25H26N2O4/c28-21(19-12-10-18(11-13-19)17-6-2-1-3-7-17)16-27-23(29)25(26-24(27)30)14-15-31-22-9-5-4-8-20(22)25/h4-5,8-13,17H,1-3,6-7,14-16H2,(H,26,30). The lowest BCUT2D eigenvalue weighted by Gasteiger charge is -2.33. The number of carbonyl (C=O) groups excluding carboxylic acids is 3. The van der Waals surface area contributed by atoms with Gasteiger partial charge in [0.15, 0.2) is 11.3 Å². The predicted octanol–water partition coefficient (Wildman–Crippen LogP) is 4.15. The molecule has 160 valence electrons. The summed E-state index contributed by atoms with van der Waals surface area (Å²) in [7, 11) is 0. The zero-order valence-corrected chi connectivity index (χ0v) is 17.4. The Morgan fingerprint density at radius 1 is 1.03 bits per heavy atom. The minimum Gasteiger partial charge on any atom is -0.493 e. The Bertz CT molecular complexity index is 1030. The summed E-state index contributed by atoms with van der Waals surface area (Å²) >= 11 is 0. The highest BCUT2D eigenvalue weighted by molar-refractivity contribution is 6.11. The third-order valence-electron chi connectivity index (χ3n) is 6.87. The van der Waals surface area contributed by atoms with Crippen LogP contribution in [0.1, 0.15) is 65.9 Å². The van der Waals surface area contributed by atoms with E-state index < -0.39 is 11.6 Å². The third-order valence-corrected chi connectivity index (χ3v) is 6.87. The van der Waals surface area contributed by atoms with E-state index in [4.69, 9.17) is 4.74 Å². The molecular weight excluding hydrogens is 392 g/mol. The molecule has 0 aromatic heterocycles. The number of ketones is 1. The molecule has 1 aliphatic carbocycles. The summed E-state index contributed by atoms with van der Waals surface area (Å²) in [5.41, 5.74) is 1.28. The molecule has 6 nitrogen and oxygen atoms in total. The monoisotopic (exact) mass is 418 g/mol. The fourth-order valence-corrected chi connectivity index (χ4v) is 5.13. The molecule has 1 spiro atoms. The number of fused-ring (bicyclic) bond motifs is 2. The quantitative estimate of drug-likeness (QED) is 0.598. The van der Waals surface area contributed by atoms with E-state index in [2.05, 4.69) is 5.32 Å². The minimum atomic E-state index is -1.16. The van der Waals surface area contributed by atoms with Gasteiger partial charge in [-0.25, -0.2) is 4.79 Å². The van der Waals surface area contributed by atoms with Gasteiger partial charge < -0.3 is 10.1 Å². The van der Waals surface area contributed by atoms with Crippen molar-refractivity contribution in [3.05, 3.63) is 65.2 Å². The molecule has 2 aromatic carbocycles. The van der Waals surface area contributed by atoms with Crippen LogP contribution in [0.4, 0.5) is 4.79 Å². The van der Waals surface area contributed by atoms with E-state index >= 15 is 0 Å². The molecule has 0 radical (unpaired) electrons. The van der Waals surface area contributed by atoms with E-state index in [1.54, 1.807) is 12.1 Å². The number of imide groups is 1. The average molecular weight is 418 g/mol. The van der Waals surface area contributed by atoms with Crippen LogP contribution in [0, 0.1) is 0 Å². The van der Waals surface area contributed by atoms with Gasteiger partial charge in [0.25, 0.3) is 5.91 Å². The fourth-order valence-electron chi connectivity index (χ4n) is 5.13. The van der Waals surface area contributed by atoms with Crippen molar-refractivity contribution < 1.29 is 19.1 Å². The Labute approximate surface area is 181 Å². The van der Waals surface area contributed by atoms with Crippen LogP contribution < -0.4 is 10.1 Å². The van der Waals surface area contributed by atoms with Crippen molar-refractivity contribution >= 4 is 17.7 Å². The van der Waals surface area contributed by atoms with Crippen molar-refractivity contribution in [1.29, 1.82) is 0 Å². The molecule has 2 aliphatic heterocycles. The first-order valence-corrected chi connectivity index (χ1v) is 11.1. The highest BCUT2D eigenvalue weighted by atomic mass is 16.5. The molecule has 2 heterocycles. The van der Waals surface area contributed by atoms with Gasteiger partial charge in [-0.2, -0.15) is 0 Å². The topological polar surface area (TPSA) is 75.7 Å². The number of urea groups is 1. The summed E-state index contributed by atoms with van der Waals surface area (Å²) < 4.78 is 5.65. The molecule has 5 rings (SSSR count). The molecule has 2 fully saturated rings. The van der Waals surface area contributed by atoms with E-state index in [-0.39, 0.29) is 18.2 Å². The first kappa shape index (κ1) is 19.8. The number of benzene rings is 2. The molecule has 3 amide bonds. The van der Waals surface area contributed by atoms with E-state index in [1.807, 2.05) is 36.4 Å². The van der Waals surface area contributed by atoms with Crippen molar-refractivity contribution in [2.75, 3.05) is 13.2 Å². The van der Waals surface area contributed by atoms with Crippen molar-refractivity contribution in [1.82, 2.24) is 10.2 Å². The van der Waals surface area contributed by atoms with Gasteiger partial charge in [0.1, 0.15) is 5.75 Å². The van der Waals surface area contributed by atoms with E-state index in [0.29, 0.717) is 35.8 Å². The van der Waals surface area contributed by atoms with Crippen molar-refractivity contribution in [2.24, 2.45) is 0 Å². The summed E-state index contributed by atoms with van der Waals surface area (Å²) in [4.78, 5) is 40.0. The first-order chi connectivity index (χ1) is 15.1. The Hall–Kier alpha value is -3.15. The third kappa shape index (κ3) is 3.40. The maximum atomic E-state index is 13.3. The Morgan fingerprint density at radius 3 is 2.55 bits per heavy atom. The van der Waals surface area contributed by atoms with Gasteiger partial charge in [0.2, 0.25) is 0 Å². The number of nitrogens with zero attached hydrogens (tertiary/aromatic N) is 1. The van der Waals surface area contributed by atoms with Crippen LogP contribution in [0.3, 0.4) is 0 Å². The second kappa shape index (κ2) is 7.84. The van der Waals surface area contributed by atoms with Gasteiger partial charge in [0.05, 0.1) is 13.2 Å². The van der Waals surface area contributed by atoms with E-state index in [1.165, 1.54) is 37.7 Å². The maximum Gasteiger partial charge on any atom is 0.325 e. The molecule has 1 saturated carbocycles. The van der Waals surface area contributed by atoms with Crippen molar-refractivity contribution in [3.8, 4) is 5.75 Å². The lowest BCUT2D eigenvalue weighted by molar-refractivity contribution is -0.132. The molecule has 1 saturated heterocycles. The van der Waals surface area contributed by atoms with E-state index in [0.717, 1.165) is 4.90 Å². The van der Waals surface area contributed by atoms with Crippen LogP contribution >= 0.6 is 0 Å². The number of rotatable bonds is 4. The number of Topliss-reactive ketones (excluding diaryl/α,β-unsaturated/α-hetero) is 1. The van der Waals surface area contributed by atoms with Gasteiger partial charge in [0, 0.05) is 17.5 Å². The molecular formula is C25H26N2O4. The molecule has 2 aromatic rings. The number of para-hydroxylation sites is 1. The summed E-state index contributed by atoms with van der Waals surface area (Å²) in [6.45, 7) is 0.0612. The average Bonchev–Trinajstić information content (AvgIpc) is 3.04. The molecule has 31 heavy (non-hydrogen) atoms. The molecule has 3 aliphatic rings. The first-order valence-electron chi connectivity index (χ1n) is 11.1. The van der Waals surface area contributed by atoms with Crippen LogP contribution in [0.2, 0.25) is 0 Å². The fraction of sp³-hybridized carbons (Fsp3) is 0.400. The minimum absolute atomic E-state index is 0.240. The zero-order chi connectivity index (χ0) is 21.4. The van der Waals surface area contributed by atoms with Crippen LogP contribution in [0.5, 0.6) is 5.75 Å². The summed E-state index contributed by atoms with van der Waals surface area (Å²) in [6, 6.07) is 14.4. The summed E-state index contributed by atoms with van der Waals surface area (Å²) in [5.74, 6) is 0.530. The molecule has 6 heteroatoms. The van der Waals surface area contributed by atoms with Gasteiger partial charge in [-0.15, -0.1) is 0 Å². The SMILES string of the molecule is O=C(CN1C(=O)NC2(CCOc3ccccc32)C1=O)c1ccc(C2CCCCC2)cc1. The number of amides is 3. The summed E-state index contributed by atoms with van der Waals surface area (Å²) in [5, 5.41) is 2.84. The Kier molecular flexibility index (Phi) is 5.00. The van der Waals surface area contributed by atoms with Gasteiger partial charge in [-0.05, 0) is 30.4 Å². The maximum absolute atomic E-state index is 13.3. The zero-order valence-electron chi connectivity index (χ0n) is 17.4. The molecule has 1 unspecified atom stereocenters. The van der Waals surface area contributed by atoms with Gasteiger partial charge in [-0.3, -0.25) is 14.5 Å². The number of ether oxygens (including phenoxy) is 1. The highest BCUT2D eigenvalue weighted by Gasteiger charge is 2.55. The van der Waals surface area contributed by atoms with Crippen LogP contribution in [-0.2, 0) is 10.3 Å². The molecule has 0 bridgehead atoms. The normalized spacial score (nSPS) is 23.4. The van der Waals surface area contributed by atoms with Crippen LogP contribution in [-0.4, -0.2) is 35.8 Å². The number of hydrogen-bond donors (Lipinski definition) is 1. The van der Waals surface area contributed by atoms with Crippen molar-refractivity contribution in [2.45, 2.75) is 50.0 Å². The van der Waals surface area contributed by atoms with Crippen molar-refractivity contribution in [3.63, 3.8) is 0 Å². The number of carbonyl (C=O) groups is 3. The number of hydrogen-bond acceptors (Lipinski definition) is 4. The lowest BCUT2D eigenvalue weighted by atomic mass is 9.84. The van der Waals surface area contributed by atoms with Gasteiger partial charge >= 0.3 is 6.03 Å². The molecule has 1 atom stereocenters. The second-order valence-electron chi connectivity index (χ2n) is 8.70. The van der Waals surface area contributed by atoms with Crippen LogP contribution in [0.15, 0.2) is 48.5 Å². The smallest absolute Gasteiger partial charge is 0.325 e. The summed E-state index contributed by atoms with van der Waals surface area (Å²) in [6.07, 6.45) is 6.55. The highest BCUT2D eigenvalue weighted by Crippen LogP contribution is 2.41. The van der Waals surface area contributed by atoms with E-state index in [9.17, 15) is 14.4 Å². The second-order valence-corrected chi connectivity index (χ2v) is 8.70. The van der Waals surface area contributed by atoms with Crippen LogP contribution in [0.25, 0.3) is 0 Å². The van der Waals surface area contributed by atoms with Gasteiger partial charge in [-0.1, -0.05) is 61.7 Å². The lowest BCUT2D eigenvalue weighted by Crippen LogP contribution is -2.47. The predicted molar refractivity (Wildman–Crippen MR) is 115 cm³/mol.